The molecule has 0 unspecified atom stereocenters. The SMILES string of the molecule is CCc1ccc(NC(=O)c2ccnc(Nc3ccc(OC(C)C)cc3)n2)cc1. The molecule has 0 bridgehead atoms. The Morgan fingerprint density at radius 2 is 1.68 bits per heavy atom. The summed E-state index contributed by atoms with van der Waals surface area (Å²) in [6.45, 7) is 6.05. The summed E-state index contributed by atoms with van der Waals surface area (Å²) in [4.78, 5) is 21.0. The van der Waals surface area contributed by atoms with Crippen molar-refractivity contribution in [1.82, 2.24) is 9.97 Å². The second kappa shape index (κ2) is 8.99. The van der Waals surface area contributed by atoms with E-state index in [0.717, 1.165) is 23.5 Å². The Labute approximate surface area is 165 Å². The van der Waals surface area contributed by atoms with Crippen molar-refractivity contribution < 1.29 is 9.53 Å². The normalized spacial score (nSPS) is 10.6. The van der Waals surface area contributed by atoms with Crippen LogP contribution in [-0.4, -0.2) is 22.0 Å². The fourth-order valence-corrected chi connectivity index (χ4v) is 2.58. The number of aryl methyl sites for hydroxylation is 1. The minimum absolute atomic E-state index is 0.121. The highest BCUT2D eigenvalue weighted by Crippen LogP contribution is 2.19. The predicted octanol–water partition coefficient (Wildman–Crippen LogP) is 4.82. The zero-order valence-electron chi connectivity index (χ0n) is 16.3. The lowest BCUT2D eigenvalue weighted by atomic mass is 10.1. The molecule has 0 spiro atoms. The van der Waals surface area contributed by atoms with Gasteiger partial charge in [0, 0.05) is 17.6 Å². The molecule has 3 rings (SSSR count). The number of ether oxygens (including phenoxy) is 1. The van der Waals surface area contributed by atoms with Crippen molar-refractivity contribution in [2.45, 2.75) is 33.3 Å². The van der Waals surface area contributed by atoms with Gasteiger partial charge in [-0.15, -0.1) is 0 Å². The molecule has 0 aliphatic carbocycles. The van der Waals surface area contributed by atoms with Crippen LogP contribution in [0.4, 0.5) is 17.3 Å². The van der Waals surface area contributed by atoms with Crippen molar-refractivity contribution >= 4 is 23.2 Å². The molecule has 0 atom stereocenters. The second-order valence-electron chi connectivity index (χ2n) is 6.59. The fourth-order valence-electron chi connectivity index (χ4n) is 2.58. The summed E-state index contributed by atoms with van der Waals surface area (Å²) in [5.41, 5.74) is 3.05. The van der Waals surface area contributed by atoms with E-state index in [4.69, 9.17) is 4.74 Å². The summed E-state index contributed by atoms with van der Waals surface area (Å²) < 4.78 is 5.63. The number of aromatic nitrogens is 2. The summed E-state index contributed by atoms with van der Waals surface area (Å²) in [6.07, 6.45) is 2.64. The van der Waals surface area contributed by atoms with E-state index in [2.05, 4.69) is 27.5 Å². The lowest BCUT2D eigenvalue weighted by Crippen LogP contribution is -2.14. The molecule has 6 nitrogen and oxygen atoms in total. The molecule has 2 aromatic carbocycles. The fraction of sp³-hybridized carbons (Fsp3) is 0.227. The molecule has 6 heteroatoms. The molecular formula is C22H24N4O2. The Morgan fingerprint density at radius 3 is 2.32 bits per heavy atom. The van der Waals surface area contributed by atoms with Gasteiger partial charge in [0.2, 0.25) is 5.95 Å². The standard InChI is InChI=1S/C22H24N4O2/c1-4-16-5-7-17(8-6-16)24-21(27)20-13-14-23-22(26-20)25-18-9-11-19(12-10-18)28-15(2)3/h5-15H,4H2,1-3H3,(H,24,27)(H,23,25,26). The summed E-state index contributed by atoms with van der Waals surface area (Å²) >= 11 is 0. The smallest absolute Gasteiger partial charge is 0.274 e. The molecule has 0 radical (unpaired) electrons. The zero-order valence-corrected chi connectivity index (χ0v) is 16.3. The lowest BCUT2D eigenvalue weighted by Gasteiger charge is -2.11. The van der Waals surface area contributed by atoms with Crippen LogP contribution < -0.4 is 15.4 Å². The molecule has 144 valence electrons. The molecular weight excluding hydrogens is 352 g/mol. The van der Waals surface area contributed by atoms with Crippen molar-refractivity contribution in [2.24, 2.45) is 0 Å². The van der Waals surface area contributed by atoms with Gasteiger partial charge in [-0.2, -0.15) is 0 Å². The van der Waals surface area contributed by atoms with E-state index in [-0.39, 0.29) is 17.7 Å². The van der Waals surface area contributed by atoms with E-state index < -0.39 is 0 Å². The maximum atomic E-state index is 12.5. The number of hydrogen-bond donors (Lipinski definition) is 2. The highest BCUT2D eigenvalue weighted by Gasteiger charge is 2.10. The van der Waals surface area contributed by atoms with E-state index in [1.807, 2.05) is 62.4 Å². The molecule has 1 amide bonds. The maximum Gasteiger partial charge on any atom is 0.274 e. The molecule has 0 aliphatic rings. The Balaban J connectivity index is 1.66. The van der Waals surface area contributed by atoms with Gasteiger partial charge < -0.3 is 15.4 Å². The molecule has 0 saturated heterocycles. The number of carbonyl (C=O) groups excluding carboxylic acids is 1. The molecule has 28 heavy (non-hydrogen) atoms. The quantitative estimate of drug-likeness (QED) is 0.618. The molecule has 0 fully saturated rings. The molecule has 1 aromatic heterocycles. The van der Waals surface area contributed by atoms with Gasteiger partial charge in [-0.1, -0.05) is 19.1 Å². The van der Waals surface area contributed by atoms with Crippen LogP contribution in [-0.2, 0) is 6.42 Å². The van der Waals surface area contributed by atoms with Crippen molar-refractivity contribution in [3.8, 4) is 5.75 Å². The van der Waals surface area contributed by atoms with Crippen LogP contribution in [0.2, 0.25) is 0 Å². The first kappa shape index (κ1) is 19.4. The van der Waals surface area contributed by atoms with Gasteiger partial charge in [-0.05, 0) is 68.3 Å². The number of amides is 1. The van der Waals surface area contributed by atoms with E-state index in [0.29, 0.717) is 5.95 Å². The summed E-state index contributed by atoms with van der Waals surface area (Å²) in [7, 11) is 0. The van der Waals surface area contributed by atoms with Crippen LogP contribution in [0.5, 0.6) is 5.75 Å². The number of rotatable bonds is 7. The van der Waals surface area contributed by atoms with Gasteiger partial charge in [0.1, 0.15) is 11.4 Å². The van der Waals surface area contributed by atoms with E-state index >= 15 is 0 Å². The van der Waals surface area contributed by atoms with Crippen LogP contribution in [0, 0.1) is 0 Å². The second-order valence-corrected chi connectivity index (χ2v) is 6.59. The maximum absolute atomic E-state index is 12.5. The average Bonchev–Trinajstić information content (AvgIpc) is 2.70. The van der Waals surface area contributed by atoms with Crippen molar-refractivity contribution in [3.05, 3.63) is 72.1 Å². The molecule has 1 heterocycles. The number of anilines is 3. The molecule has 2 N–H and O–H groups in total. The molecule has 0 saturated carbocycles. The van der Waals surface area contributed by atoms with Crippen molar-refractivity contribution in [2.75, 3.05) is 10.6 Å². The van der Waals surface area contributed by atoms with E-state index in [1.54, 1.807) is 12.3 Å². The number of nitrogens with one attached hydrogen (secondary N) is 2. The van der Waals surface area contributed by atoms with Crippen LogP contribution in [0.25, 0.3) is 0 Å². The van der Waals surface area contributed by atoms with Gasteiger partial charge >= 0.3 is 0 Å². The number of carbonyl (C=O) groups is 1. The van der Waals surface area contributed by atoms with E-state index in [9.17, 15) is 4.79 Å². The Morgan fingerprint density at radius 1 is 1.00 bits per heavy atom. The highest BCUT2D eigenvalue weighted by molar-refractivity contribution is 6.03. The number of benzene rings is 2. The van der Waals surface area contributed by atoms with Gasteiger partial charge in [0.05, 0.1) is 6.10 Å². The van der Waals surface area contributed by atoms with Crippen LogP contribution in [0.3, 0.4) is 0 Å². The summed E-state index contributed by atoms with van der Waals surface area (Å²) in [5, 5.41) is 5.95. The van der Waals surface area contributed by atoms with Gasteiger partial charge in [0.15, 0.2) is 0 Å². The molecule has 3 aromatic rings. The third kappa shape index (κ3) is 5.30. The van der Waals surface area contributed by atoms with Crippen molar-refractivity contribution in [3.63, 3.8) is 0 Å². The number of hydrogen-bond acceptors (Lipinski definition) is 5. The topological polar surface area (TPSA) is 76.1 Å². The zero-order chi connectivity index (χ0) is 19.9. The van der Waals surface area contributed by atoms with Gasteiger partial charge in [0.25, 0.3) is 5.91 Å². The third-order valence-corrected chi connectivity index (χ3v) is 3.99. The van der Waals surface area contributed by atoms with Crippen LogP contribution >= 0.6 is 0 Å². The first-order valence-electron chi connectivity index (χ1n) is 9.30. The van der Waals surface area contributed by atoms with E-state index in [1.165, 1.54) is 5.56 Å². The van der Waals surface area contributed by atoms with Gasteiger partial charge in [-0.25, -0.2) is 9.97 Å². The Hall–Kier alpha value is -3.41. The third-order valence-electron chi connectivity index (χ3n) is 3.99. The minimum atomic E-state index is -0.282. The average molecular weight is 376 g/mol. The predicted molar refractivity (Wildman–Crippen MR) is 111 cm³/mol. The first-order valence-corrected chi connectivity index (χ1v) is 9.30. The summed E-state index contributed by atoms with van der Waals surface area (Å²) in [6, 6.07) is 16.9. The summed E-state index contributed by atoms with van der Waals surface area (Å²) in [5.74, 6) is 0.866. The largest absolute Gasteiger partial charge is 0.491 e. The van der Waals surface area contributed by atoms with Crippen LogP contribution in [0.15, 0.2) is 60.8 Å². The Bertz CT molecular complexity index is 922. The van der Waals surface area contributed by atoms with Crippen molar-refractivity contribution in [1.29, 1.82) is 0 Å². The molecule has 0 aliphatic heterocycles. The van der Waals surface area contributed by atoms with Crippen LogP contribution in [0.1, 0.15) is 36.8 Å². The lowest BCUT2D eigenvalue weighted by molar-refractivity contribution is 0.102. The first-order chi connectivity index (χ1) is 13.5. The Kier molecular flexibility index (Phi) is 6.22. The number of nitrogens with zero attached hydrogens (tertiary/aromatic N) is 2. The minimum Gasteiger partial charge on any atom is -0.491 e. The van der Waals surface area contributed by atoms with Gasteiger partial charge in [-0.3, -0.25) is 4.79 Å². The monoisotopic (exact) mass is 376 g/mol. The highest BCUT2D eigenvalue weighted by atomic mass is 16.5.